The second-order valence-corrected chi connectivity index (χ2v) is 10.3. The fraction of sp³-hybridized carbons (Fsp3) is 0.500. The molecule has 0 radical (unpaired) electrons. The normalized spacial score (nSPS) is 15.0. The monoisotopic (exact) mass is 511 g/mol. The molecule has 3 aromatic rings. The molecule has 1 aliphatic heterocycles. The number of aryl methyl sites for hydroxylation is 1. The molecule has 0 saturated carbocycles. The van der Waals surface area contributed by atoms with Gasteiger partial charge >= 0.3 is 0 Å². The van der Waals surface area contributed by atoms with E-state index >= 15 is 0 Å². The molecule has 2 heterocycles. The van der Waals surface area contributed by atoms with Gasteiger partial charge in [-0.3, -0.25) is 14.4 Å². The van der Waals surface area contributed by atoms with Crippen LogP contribution in [0.2, 0.25) is 5.02 Å². The number of amides is 1. The molecule has 194 valence electrons. The van der Waals surface area contributed by atoms with Crippen LogP contribution in [0.15, 0.2) is 42.5 Å². The molecule has 8 heteroatoms. The number of carbonyl (C=O) groups excluding carboxylic acids is 1. The first-order valence-corrected chi connectivity index (χ1v) is 13.4. The van der Waals surface area contributed by atoms with Gasteiger partial charge in [0.15, 0.2) is 0 Å². The highest BCUT2D eigenvalue weighted by Crippen LogP contribution is 2.30. The number of benzene rings is 2. The van der Waals surface area contributed by atoms with Crippen molar-refractivity contribution in [3.05, 3.63) is 47.5 Å². The van der Waals surface area contributed by atoms with Crippen molar-refractivity contribution in [3.8, 4) is 17.0 Å². The molecule has 7 nitrogen and oxygen atoms in total. The van der Waals surface area contributed by atoms with Crippen LogP contribution in [0, 0.1) is 0 Å². The number of carbonyl (C=O) groups is 1. The number of fused-ring (bicyclic) bond motifs is 1. The lowest BCUT2D eigenvalue weighted by atomic mass is 10.1. The van der Waals surface area contributed by atoms with E-state index in [2.05, 4.69) is 27.2 Å². The quantitative estimate of drug-likeness (QED) is 0.382. The molecule has 36 heavy (non-hydrogen) atoms. The summed E-state index contributed by atoms with van der Waals surface area (Å²) >= 11 is 6.04. The standard InChI is InChI=1S/C28H38ClN5O2/c1-21(2)30-27(35)20-34-16-14-33(15-17-34)13-5-4-6-18-36-24-11-12-25-26(19-24)32(3)31-28(25)22-7-9-23(29)10-8-22/h7-12,19,21H,4-6,13-18,20H2,1-3H3,(H,30,35). The fourth-order valence-corrected chi connectivity index (χ4v) is 4.82. The highest BCUT2D eigenvalue weighted by molar-refractivity contribution is 6.30. The van der Waals surface area contributed by atoms with Gasteiger partial charge in [-0.05, 0) is 63.9 Å². The molecule has 1 amide bonds. The maximum absolute atomic E-state index is 11.9. The molecule has 1 fully saturated rings. The average Bonchev–Trinajstić information content (AvgIpc) is 3.18. The SMILES string of the molecule is CC(C)NC(=O)CN1CCN(CCCCCOc2ccc3c(-c4ccc(Cl)cc4)nn(C)c3c2)CC1. The Morgan fingerprint density at radius 1 is 1.03 bits per heavy atom. The summed E-state index contributed by atoms with van der Waals surface area (Å²) < 4.78 is 7.96. The van der Waals surface area contributed by atoms with Gasteiger partial charge in [0.25, 0.3) is 0 Å². The van der Waals surface area contributed by atoms with Crippen LogP contribution in [0.4, 0.5) is 0 Å². The van der Waals surface area contributed by atoms with Crippen molar-refractivity contribution < 1.29 is 9.53 Å². The Bertz CT molecular complexity index is 1140. The Kier molecular flexibility index (Phi) is 9.24. The number of nitrogens with one attached hydrogen (secondary N) is 1. The summed E-state index contributed by atoms with van der Waals surface area (Å²) in [5, 5.41) is 9.52. The van der Waals surface area contributed by atoms with Crippen LogP contribution in [0.3, 0.4) is 0 Å². The van der Waals surface area contributed by atoms with Gasteiger partial charge in [0.2, 0.25) is 5.91 Å². The predicted molar refractivity (Wildman–Crippen MR) is 147 cm³/mol. The zero-order chi connectivity index (χ0) is 25.5. The minimum atomic E-state index is 0.128. The predicted octanol–water partition coefficient (Wildman–Crippen LogP) is 4.59. The molecular formula is C28H38ClN5O2. The van der Waals surface area contributed by atoms with Crippen molar-refractivity contribution >= 4 is 28.4 Å². The number of aromatic nitrogens is 2. The van der Waals surface area contributed by atoms with Crippen LogP contribution in [0.25, 0.3) is 22.2 Å². The molecule has 1 aliphatic rings. The van der Waals surface area contributed by atoms with E-state index in [1.54, 1.807) is 0 Å². The largest absolute Gasteiger partial charge is 0.494 e. The molecule has 2 aromatic carbocycles. The molecule has 1 N–H and O–H groups in total. The smallest absolute Gasteiger partial charge is 0.234 e. The topological polar surface area (TPSA) is 62.6 Å². The van der Waals surface area contributed by atoms with Gasteiger partial charge < -0.3 is 15.0 Å². The first-order chi connectivity index (χ1) is 17.4. The first-order valence-electron chi connectivity index (χ1n) is 13.0. The van der Waals surface area contributed by atoms with E-state index in [0.29, 0.717) is 13.2 Å². The number of ether oxygens (including phenoxy) is 1. The van der Waals surface area contributed by atoms with Crippen molar-refractivity contribution in [3.63, 3.8) is 0 Å². The summed E-state index contributed by atoms with van der Waals surface area (Å²) in [6, 6.07) is 14.2. The van der Waals surface area contributed by atoms with Gasteiger partial charge in [0.05, 0.1) is 18.7 Å². The molecule has 1 aromatic heterocycles. The number of piperazine rings is 1. The van der Waals surface area contributed by atoms with E-state index in [1.165, 1.54) is 6.42 Å². The molecule has 0 aliphatic carbocycles. The van der Waals surface area contributed by atoms with E-state index in [-0.39, 0.29) is 11.9 Å². The van der Waals surface area contributed by atoms with Crippen molar-refractivity contribution in [2.24, 2.45) is 7.05 Å². The first kappa shape index (κ1) is 26.5. The molecular weight excluding hydrogens is 474 g/mol. The van der Waals surface area contributed by atoms with Crippen LogP contribution in [0.1, 0.15) is 33.1 Å². The third-order valence-corrected chi connectivity index (χ3v) is 6.86. The van der Waals surface area contributed by atoms with Crippen molar-refractivity contribution in [2.75, 3.05) is 45.9 Å². The summed E-state index contributed by atoms with van der Waals surface area (Å²) in [4.78, 5) is 16.7. The van der Waals surface area contributed by atoms with E-state index < -0.39 is 0 Å². The van der Waals surface area contributed by atoms with Crippen molar-refractivity contribution in [1.29, 1.82) is 0 Å². The van der Waals surface area contributed by atoms with E-state index in [0.717, 1.165) is 78.5 Å². The van der Waals surface area contributed by atoms with Crippen LogP contribution in [0.5, 0.6) is 5.75 Å². The van der Waals surface area contributed by atoms with Gasteiger partial charge in [-0.1, -0.05) is 23.7 Å². The van der Waals surface area contributed by atoms with E-state index in [9.17, 15) is 4.79 Å². The summed E-state index contributed by atoms with van der Waals surface area (Å²) in [7, 11) is 1.96. The van der Waals surface area contributed by atoms with Gasteiger partial charge in [-0.15, -0.1) is 0 Å². The third-order valence-electron chi connectivity index (χ3n) is 6.61. The molecule has 0 bridgehead atoms. The van der Waals surface area contributed by atoms with Crippen LogP contribution < -0.4 is 10.1 Å². The Morgan fingerprint density at radius 2 is 1.75 bits per heavy atom. The van der Waals surface area contributed by atoms with Crippen LogP contribution in [-0.4, -0.2) is 77.4 Å². The summed E-state index contributed by atoms with van der Waals surface area (Å²) in [5.74, 6) is 1.01. The molecule has 0 atom stereocenters. The number of halogens is 1. The minimum absolute atomic E-state index is 0.128. The van der Waals surface area contributed by atoms with Crippen molar-refractivity contribution in [1.82, 2.24) is 24.9 Å². The van der Waals surface area contributed by atoms with Crippen molar-refractivity contribution in [2.45, 2.75) is 39.2 Å². The third kappa shape index (κ3) is 7.21. The van der Waals surface area contributed by atoms with Crippen LogP contribution >= 0.6 is 11.6 Å². The summed E-state index contributed by atoms with van der Waals surface area (Å²) in [6.45, 7) is 10.3. The van der Waals surface area contributed by atoms with Gasteiger partial charge in [0.1, 0.15) is 11.4 Å². The lowest BCUT2D eigenvalue weighted by Gasteiger charge is -2.34. The highest BCUT2D eigenvalue weighted by Gasteiger charge is 2.18. The fourth-order valence-electron chi connectivity index (χ4n) is 4.69. The lowest BCUT2D eigenvalue weighted by Crippen LogP contribution is -2.50. The zero-order valence-corrected chi connectivity index (χ0v) is 22.4. The minimum Gasteiger partial charge on any atom is -0.494 e. The zero-order valence-electron chi connectivity index (χ0n) is 21.7. The van der Waals surface area contributed by atoms with Gasteiger partial charge in [0, 0.05) is 61.3 Å². The summed E-state index contributed by atoms with van der Waals surface area (Å²) in [6.07, 6.45) is 3.35. The maximum atomic E-state index is 11.9. The molecule has 0 spiro atoms. The highest BCUT2D eigenvalue weighted by atomic mass is 35.5. The Labute approximate surface area is 219 Å². The Morgan fingerprint density at radius 3 is 2.47 bits per heavy atom. The summed E-state index contributed by atoms with van der Waals surface area (Å²) in [5.41, 5.74) is 3.06. The molecule has 4 rings (SSSR count). The second kappa shape index (κ2) is 12.6. The number of rotatable bonds is 11. The number of nitrogens with zero attached hydrogens (tertiary/aromatic N) is 4. The second-order valence-electron chi connectivity index (χ2n) is 9.91. The Balaban J connectivity index is 1.15. The molecule has 0 unspecified atom stereocenters. The average molecular weight is 512 g/mol. The number of unbranched alkanes of at least 4 members (excludes halogenated alkanes) is 2. The van der Waals surface area contributed by atoms with E-state index in [4.69, 9.17) is 21.4 Å². The number of hydrogen-bond acceptors (Lipinski definition) is 5. The molecule has 1 saturated heterocycles. The maximum Gasteiger partial charge on any atom is 0.234 e. The Hall–Kier alpha value is -2.61. The lowest BCUT2D eigenvalue weighted by molar-refractivity contribution is -0.123. The van der Waals surface area contributed by atoms with Crippen LogP contribution in [-0.2, 0) is 11.8 Å². The number of hydrogen-bond donors (Lipinski definition) is 1. The van der Waals surface area contributed by atoms with Gasteiger partial charge in [-0.2, -0.15) is 5.10 Å². The van der Waals surface area contributed by atoms with Gasteiger partial charge in [-0.25, -0.2) is 0 Å². The van der Waals surface area contributed by atoms with E-state index in [1.807, 2.05) is 55.9 Å².